The molecule has 0 fully saturated rings. The van der Waals surface area contributed by atoms with E-state index in [1.807, 2.05) is 0 Å². The highest BCUT2D eigenvalue weighted by molar-refractivity contribution is 9.10. The van der Waals surface area contributed by atoms with Crippen LogP contribution in [0.2, 0.25) is 0 Å². The predicted octanol–water partition coefficient (Wildman–Crippen LogP) is 4.05. The van der Waals surface area contributed by atoms with Crippen LogP contribution in [0.15, 0.2) is 34.8 Å². The molecule has 1 aromatic heterocycles. The van der Waals surface area contributed by atoms with E-state index in [-0.39, 0.29) is 5.75 Å². The van der Waals surface area contributed by atoms with E-state index in [0.29, 0.717) is 10.5 Å². The highest BCUT2D eigenvalue weighted by Gasteiger charge is 2.13. The molecule has 0 radical (unpaired) electrons. The van der Waals surface area contributed by atoms with Gasteiger partial charge in [0.15, 0.2) is 11.6 Å². The quantitative estimate of drug-likeness (QED) is 0.781. The first kappa shape index (κ1) is 11.9. The molecule has 88 valence electrons. The zero-order chi connectivity index (χ0) is 12.4. The molecule has 0 N–H and O–H groups in total. The normalized spacial score (nSPS) is 10.4. The fourth-order valence-corrected chi connectivity index (χ4v) is 1.52. The third kappa shape index (κ3) is 2.76. The second kappa shape index (κ2) is 4.75. The Bertz CT molecular complexity index is 562. The Labute approximate surface area is 103 Å². The van der Waals surface area contributed by atoms with Crippen molar-refractivity contribution in [2.75, 3.05) is 0 Å². The van der Waals surface area contributed by atoms with Gasteiger partial charge in [-0.15, -0.1) is 0 Å². The third-order valence-corrected chi connectivity index (χ3v) is 2.36. The van der Waals surface area contributed by atoms with Gasteiger partial charge in [0.2, 0.25) is 0 Å². The fraction of sp³-hybridized carbons (Fsp3) is 0. The largest absolute Gasteiger partial charge is 0.436 e. The van der Waals surface area contributed by atoms with Crippen LogP contribution in [0.25, 0.3) is 0 Å². The summed E-state index contributed by atoms with van der Waals surface area (Å²) >= 11 is 3.19. The molecule has 2 nitrogen and oxygen atoms in total. The van der Waals surface area contributed by atoms with Gasteiger partial charge in [-0.2, -0.15) is 9.37 Å². The van der Waals surface area contributed by atoms with E-state index in [0.717, 1.165) is 0 Å². The first-order valence-electron chi connectivity index (χ1n) is 4.51. The molecule has 0 aliphatic rings. The van der Waals surface area contributed by atoms with Crippen molar-refractivity contribution in [3.8, 4) is 11.6 Å². The molecule has 0 saturated heterocycles. The summed E-state index contributed by atoms with van der Waals surface area (Å²) in [6, 6.07) is 6.85. The first-order valence-corrected chi connectivity index (χ1v) is 5.30. The van der Waals surface area contributed by atoms with E-state index in [1.165, 1.54) is 6.07 Å². The summed E-state index contributed by atoms with van der Waals surface area (Å²) in [5.74, 6) is -4.18. The number of aromatic nitrogens is 1. The lowest BCUT2D eigenvalue weighted by Gasteiger charge is -2.06. The number of hydrogen-bond donors (Lipinski definition) is 0. The van der Waals surface area contributed by atoms with Gasteiger partial charge in [0.25, 0.3) is 11.8 Å². The second-order valence-corrected chi connectivity index (χ2v) is 4.02. The number of benzene rings is 1. The van der Waals surface area contributed by atoms with Gasteiger partial charge in [-0.1, -0.05) is 22.0 Å². The lowest BCUT2D eigenvalue weighted by molar-refractivity contribution is 0.387. The summed E-state index contributed by atoms with van der Waals surface area (Å²) < 4.78 is 44.3. The maximum atomic E-state index is 13.2. The van der Waals surface area contributed by atoms with Crippen LogP contribution in [0.1, 0.15) is 0 Å². The van der Waals surface area contributed by atoms with Gasteiger partial charge in [0.1, 0.15) is 5.75 Å². The Morgan fingerprint density at radius 2 is 1.82 bits per heavy atom. The van der Waals surface area contributed by atoms with E-state index in [2.05, 4.69) is 20.9 Å². The minimum atomic E-state index is -1.41. The van der Waals surface area contributed by atoms with E-state index >= 15 is 0 Å². The molecule has 0 amide bonds. The first-order chi connectivity index (χ1) is 8.06. The summed E-state index contributed by atoms with van der Waals surface area (Å²) in [7, 11) is 0. The lowest BCUT2D eigenvalue weighted by Crippen LogP contribution is -1.97. The number of pyridine rings is 1. The van der Waals surface area contributed by atoms with Crippen LogP contribution < -0.4 is 4.74 Å². The number of halogens is 4. The Morgan fingerprint density at radius 1 is 1.06 bits per heavy atom. The maximum absolute atomic E-state index is 13.2. The molecule has 2 rings (SSSR count). The molecule has 2 aromatic rings. The molecule has 0 aliphatic carbocycles. The molecule has 1 heterocycles. The van der Waals surface area contributed by atoms with Crippen LogP contribution in [-0.2, 0) is 0 Å². The maximum Gasteiger partial charge on any atom is 0.258 e. The summed E-state index contributed by atoms with van der Waals surface area (Å²) in [6.45, 7) is 0. The van der Waals surface area contributed by atoms with Crippen molar-refractivity contribution < 1.29 is 17.9 Å². The van der Waals surface area contributed by atoms with Crippen molar-refractivity contribution in [2.45, 2.75) is 0 Å². The Hall–Kier alpha value is -1.56. The van der Waals surface area contributed by atoms with Gasteiger partial charge in [-0.3, -0.25) is 0 Å². The van der Waals surface area contributed by atoms with E-state index in [1.54, 1.807) is 18.2 Å². The van der Waals surface area contributed by atoms with Gasteiger partial charge >= 0.3 is 0 Å². The van der Waals surface area contributed by atoms with Crippen molar-refractivity contribution in [2.24, 2.45) is 0 Å². The molecule has 1 aromatic carbocycles. The molecule has 0 spiro atoms. The average molecular weight is 304 g/mol. The monoisotopic (exact) mass is 303 g/mol. The van der Waals surface area contributed by atoms with Gasteiger partial charge in [-0.25, -0.2) is 8.78 Å². The minimum Gasteiger partial charge on any atom is -0.436 e. The number of hydrogen-bond acceptors (Lipinski definition) is 2. The van der Waals surface area contributed by atoms with E-state index in [4.69, 9.17) is 4.74 Å². The van der Waals surface area contributed by atoms with Gasteiger partial charge in [0.05, 0.1) is 0 Å². The average Bonchev–Trinajstić information content (AvgIpc) is 2.26. The van der Waals surface area contributed by atoms with Crippen molar-refractivity contribution in [3.05, 3.63) is 52.4 Å². The van der Waals surface area contributed by atoms with Crippen molar-refractivity contribution in [1.82, 2.24) is 4.98 Å². The fourth-order valence-electron chi connectivity index (χ4n) is 1.14. The standard InChI is InChI=1S/C11H5BrF3NO/c12-6-2-1-3-7(4-6)17-11-9(14)5-8(13)10(15)16-11/h1-5H. The summed E-state index contributed by atoms with van der Waals surface area (Å²) in [4.78, 5) is 3.04. The Kier molecular flexibility index (Phi) is 3.33. The molecule has 17 heavy (non-hydrogen) atoms. The zero-order valence-corrected chi connectivity index (χ0v) is 9.84. The SMILES string of the molecule is Fc1cc(F)c(Oc2cccc(Br)c2)nc1F. The van der Waals surface area contributed by atoms with E-state index in [9.17, 15) is 13.2 Å². The van der Waals surface area contributed by atoms with Crippen LogP contribution in [0.5, 0.6) is 11.6 Å². The van der Waals surface area contributed by atoms with Gasteiger partial charge in [-0.05, 0) is 18.2 Å². The number of rotatable bonds is 2. The Morgan fingerprint density at radius 3 is 2.53 bits per heavy atom. The topological polar surface area (TPSA) is 22.1 Å². The van der Waals surface area contributed by atoms with Crippen molar-refractivity contribution >= 4 is 15.9 Å². The van der Waals surface area contributed by atoms with Crippen LogP contribution in [0, 0.1) is 17.6 Å². The van der Waals surface area contributed by atoms with Crippen LogP contribution >= 0.6 is 15.9 Å². The van der Waals surface area contributed by atoms with Crippen LogP contribution in [-0.4, -0.2) is 4.98 Å². The van der Waals surface area contributed by atoms with Gasteiger partial charge < -0.3 is 4.74 Å². The summed E-state index contributed by atoms with van der Waals surface area (Å²) in [5, 5.41) is 0. The van der Waals surface area contributed by atoms with Gasteiger partial charge in [0, 0.05) is 10.5 Å². The molecule has 0 atom stereocenters. The van der Waals surface area contributed by atoms with Crippen molar-refractivity contribution in [1.29, 1.82) is 0 Å². The smallest absolute Gasteiger partial charge is 0.258 e. The van der Waals surface area contributed by atoms with Crippen LogP contribution in [0.3, 0.4) is 0 Å². The molecule has 0 saturated carbocycles. The summed E-state index contributed by atoms with van der Waals surface area (Å²) in [5.41, 5.74) is 0. The highest BCUT2D eigenvalue weighted by atomic mass is 79.9. The predicted molar refractivity (Wildman–Crippen MR) is 58.3 cm³/mol. The van der Waals surface area contributed by atoms with Crippen molar-refractivity contribution in [3.63, 3.8) is 0 Å². The second-order valence-electron chi connectivity index (χ2n) is 3.11. The third-order valence-electron chi connectivity index (χ3n) is 1.87. The molecule has 0 bridgehead atoms. The highest BCUT2D eigenvalue weighted by Crippen LogP contribution is 2.25. The summed E-state index contributed by atoms with van der Waals surface area (Å²) in [6.07, 6.45) is 0. The molecule has 0 aliphatic heterocycles. The number of nitrogens with zero attached hydrogens (tertiary/aromatic N) is 1. The van der Waals surface area contributed by atoms with Crippen LogP contribution in [0.4, 0.5) is 13.2 Å². The molecule has 0 unspecified atom stereocenters. The minimum absolute atomic E-state index is 0.261. The molecular weight excluding hydrogens is 299 g/mol. The number of ether oxygens (including phenoxy) is 1. The molecule has 6 heteroatoms. The molecular formula is C11H5BrF3NO. The zero-order valence-electron chi connectivity index (χ0n) is 8.25. The lowest BCUT2D eigenvalue weighted by atomic mass is 10.3. The Balaban J connectivity index is 2.33. The van der Waals surface area contributed by atoms with E-state index < -0.39 is 23.5 Å².